The number of benzene rings is 2. The molecule has 4 heteroatoms. The van der Waals surface area contributed by atoms with Crippen molar-refractivity contribution in [1.29, 1.82) is 0 Å². The van der Waals surface area contributed by atoms with Crippen LogP contribution in [0.1, 0.15) is 76.2 Å². The minimum atomic E-state index is -0.207. The molecule has 0 amide bonds. The average molecular weight is 524 g/mol. The Morgan fingerprint density at radius 2 is 1.85 bits per heavy atom. The molecule has 4 aliphatic heterocycles. The molecule has 2 unspecified atom stereocenters. The van der Waals surface area contributed by atoms with Crippen molar-refractivity contribution in [3.8, 4) is 0 Å². The minimum Gasteiger partial charge on any atom is -0.633 e. The summed E-state index contributed by atoms with van der Waals surface area (Å²) in [7, 11) is 0. The van der Waals surface area contributed by atoms with Crippen LogP contribution in [0.2, 0.25) is 0 Å². The highest BCUT2D eigenvalue weighted by Crippen LogP contribution is 2.69. The van der Waals surface area contributed by atoms with Crippen molar-refractivity contribution in [2.75, 3.05) is 26.3 Å². The Hall–Kier alpha value is -1.98. The lowest BCUT2D eigenvalue weighted by atomic mass is 9.58. The third-order valence-corrected chi connectivity index (χ3v) is 12.9. The van der Waals surface area contributed by atoms with Gasteiger partial charge in [0, 0.05) is 19.3 Å². The van der Waals surface area contributed by atoms with Gasteiger partial charge in [-0.25, -0.2) is 0 Å². The predicted octanol–water partition coefficient (Wildman–Crippen LogP) is 7.19. The molecule has 0 radical (unpaired) electrons. The molecule has 3 saturated heterocycles. The van der Waals surface area contributed by atoms with Crippen LogP contribution in [0.5, 0.6) is 0 Å². The second-order valence-corrected chi connectivity index (χ2v) is 14.8. The van der Waals surface area contributed by atoms with Crippen LogP contribution in [0.25, 0.3) is 10.8 Å². The molecule has 0 N–H and O–H groups in total. The lowest BCUT2D eigenvalue weighted by Crippen LogP contribution is -2.59. The Morgan fingerprint density at radius 3 is 2.67 bits per heavy atom. The fourth-order valence-electron chi connectivity index (χ4n) is 10.8. The number of hydrogen-bond donors (Lipinski definition) is 0. The summed E-state index contributed by atoms with van der Waals surface area (Å²) in [4.78, 5) is 0. The van der Waals surface area contributed by atoms with Gasteiger partial charge < -0.3 is 19.3 Å². The van der Waals surface area contributed by atoms with Gasteiger partial charge in [0.1, 0.15) is 0 Å². The number of likely N-dealkylation sites (tertiary alicyclic amines) is 1. The van der Waals surface area contributed by atoms with Crippen LogP contribution in [0.3, 0.4) is 0 Å². The first-order valence-corrected chi connectivity index (χ1v) is 15.6. The fourth-order valence-corrected chi connectivity index (χ4v) is 10.8. The van der Waals surface area contributed by atoms with Crippen LogP contribution in [0.15, 0.2) is 65.8 Å². The van der Waals surface area contributed by atoms with Crippen LogP contribution in [-0.4, -0.2) is 48.2 Å². The summed E-state index contributed by atoms with van der Waals surface area (Å²) >= 11 is 0. The Morgan fingerprint density at radius 1 is 0.974 bits per heavy atom. The zero-order chi connectivity index (χ0) is 26.1. The van der Waals surface area contributed by atoms with Gasteiger partial charge in [0.25, 0.3) is 0 Å². The second kappa shape index (κ2) is 7.64. The summed E-state index contributed by atoms with van der Waals surface area (Å²) in [5, 5.41) is 16.9. The van der Waals surface area contributed by atoms with Gasteiger partial charge in [0.15, 0.2) is 0 Å². The van der Waals surface area contributed by atoms with Crippen molar-refractivity contribution in [3.05, 3.63) is 76.5 Å². The van der Waals surface area contributed by atoms with E-state index in [1.807, 2.05) is 0 Å². The molecular formula is C35H41NO3. The van der Waals surface area contributed by atoms with Gasteiger partial charge in [0.2, 0.25) is 0 Å². The number of nitrogens with zero attached hydrogens (tertiary/aromatic N) is 1. The van der Waals surface area contributed by atoms with Crippen LogP contribution in [0, 0.1) is 22.0 Å². The SMILES string of the molecule is C[C@]12CC=C3C=C4CC[C@@H]([N+]5([O-])CCC6(COC6)C5)C[C@]45CCC3(O5)[C@@H]1CC[C@@H]2c1ccc2ccccc2c1. The third kappa shape index (κ3) is 3.04. The smallest absolute Gasteiger partial charge is 0.0975 e. The van der Waals surface area contributed by atoms with E-state index in [-0.39, 0.29) is 32.7 Å². The van der Waals surface area contributed by atoms with Gasteiger partial charge in [-0.05, 0) is 83.3 Å². The maximum atomic E-state index is 14.2. The molecule has 2 aromatic rings. The largest absolute Gasteiger partial charge is 0.633 e. The summed E-state index contributed by atoms with van der Waals surface area (Å²) < 4.78 is 13.1. The van der Waals surface area contributed by atoms with Crippen LogP contribution < -0.4 is 0 Å². The van der Waals surface area contributed by atoms with Crippen molar-refractivity contribution in [1.82, 2.24) is 0 Å². The first kappa shape index (κ1) is 23.7. The predicted molar refractivity (Wildman–Crippen MR) is 153 cm³/mol. The molecule has 5 fully saturated rings. The van der Waals surface area contributed by atoms with E-state index in [0.29, 0.717) is 11.8 Å². The average Bonchev–Trinajstić information content (AvgIpc) is 3.58. The van der Waals surface area contributed by atoms with Gasteiger partial charge in [-0.1, -0.05) is 61.5 Å². The molecule has 0 aromatic heterocycles. The summed E-state index contributed by atoms with van der Waals surface area (Å²) in [6.45, 7) is 5.69. The molecule has 7 aliphatic rings. The molecule has 3 spiro atoms. The lowest BCUT2D eigenvalue weighted by molar-refractivity contribution is -0.899. The molecule has 2 aromatic carbocycles. The number of rotatable bonds is 2. The Bertz CT molecular complexity index is 1440. The van der Waals surface area contributed by atoms with E-state index in [1.165, 1.54) is 40.3 Å². The number of fused-ring (bicyclic) bond motifs is 2. The summed E-state index contributed by atoms with van der Waals surface area (Å²) in [5.41, 5.74) is 4.48. The molecule has 2 bridgehead atoms. The highest BCUT2D eigenvalue weighted by Gasteiger charge is 2.67. The standard InChI is InChI=1S/C35H41NO3/c1-32-13-12-28-19-27-8-9-29(36(37)17-16-33(21-36)22-38-23-33)20-34(27)14-15-35(28,39-34)31(32)11-10-30(32)26-7-6-24-4-2-3-5-25(24)18-26/h2-7,12,18-19,29-31H,8-11,13-17,20-23H2,1H3/t29-,30-,31-,32-,34-,35?,36?/m1/s1. The van der Waals surface area contributed by atoms with Crippen molar-refractivity contribution in [2.45, 2.75) is 87.9 Å². The lowest BCUT2D eigenvalue weighted by Gasteiger charge is -2.57. The quantitative estimate of drug-likeness (QED) is 0.309. The molecular weight excluding hydrogens is 482 g/mol. The van der Waals surface area contributed by atoms with Crippen LogP contribution >= 0.6 is 0 Å². The van der Waals surface area contributed by atoms with E-state index in [4.69, 9.17) is 9.47 Å². The fraction of sp³-hybridized carbons (Fsp3) is 0.600. The molecule has 4 heterocycles. The van der Waals surface area contributed by atoms with Gasteiger partial charge in [-0.2, -0.15) is 0 Å². The Labute approximate surface area is 232 Å². The van der Waals surface area contributed by atoms with Gasteiger partial charge in [0.05, 0.1) is 49.0 Å². The highest BCUT2D eigenvalue weighted by atomic mass is 16.6. The molecule has 4 nitrogen and oxygen atoms in total. The first-order chi connectivity index (χ1) is 18.9. The van der Waals surface area contributed by atoms with Gasteiger partial charge >= 0.3 is 0 Å². The van der Waals surface area contributed by atoms with E-state index in [2.05, 4.69) is 61.5 Å². The van der Waals surface area contributed by atoms with Gasteiger partial charge in [-0.3, -0.25) is 0 Å². The first-order valence-electron chi connectivity index (χ1n) is 15.6. The van der Waals surface area contributed by atoms with Crippen molar-refractivity contribution in [2.24, 2.45) is 16.7 Å². The maximum absolute atomic E-state index is 14.2. The zero-order valence-corrected chi connectivity index (χ0v) is 23.3. The van der Waals surface area contributed by atoms with E-state index >= 15 is 0 Å². The van der Waals surface area contributed by atoms with Crippen LogP contribution in [-0.2, 0) is 9.47 Å². The van der Waals surface area contributed by atoms with E-state index < -0.39 is 0 Å². The Balaban J connectivity index is 1.04. The second-order valence-electron chi connectivity index (χ2n) is 14.8. The number of quaternary nitrogens is 1. The number of allylic oxidation sites excluding steroid dienone is 1. The number of hydroxylamine groups is 3. The number of ether oxygens (including phenoxy) is 2. The van der Waals surface area contributed by atoms with Crippen LogP contribution in [0.4, 0.5) is 0 Å². The van der Waals surface area contributed by atoms with E-state index in [0.717, 1.165) is 71.2 Å². The number of hydrogen-bond acceptors (Lipinski definition) is 3. The maximum Gasteiger partial charge on any atom is 0.0975 e. The molecule has 7 atom stereocenters. The molecule has 39 heavy (non-hydrogen) atoms. The monoisotopic (exact) mass is 523 g/mol. The van der Waals surface area contributed by atoms with Crippen molar-refractivity contribution >= 4 is 10.8 Å². The molecule has 204 valence electrons. The normalized spacial score (nSPS) is 45.3. The Kier molecular flexibility index (Phi) is 4.64. The zero-order valence-electron chi connectivity index (χ0n) is 23.3. The molecule has 9 rings (SSSR count). The highest BCUT2D eigenvalue weighted by molar-refractivity contribution is 5.83. The summed E-state index contributed by atoms with van der Waals surface area (Å²) in [5.74, 6) is 1.10. The molecule has 3 aliphatic carbocycles. The topological polar surface area (TPSA) is 41.5 Å². The minimum absolute atomic E-state index is 0.00261. The van der Waals surface area contributed by atoms with Crippen molar-refractivity contribution < 1.29 is 14.1 Å². The van der Waals surface area contributed by atoms with Gasteiger partial charge in [-0.15, -0.1) is 0 Å². The van der Waals surface area contributed by atoms with E-state index in [1.54, 1.807) is 0 Å². The summed E-state index contributed by atoms with van der Waals surface area (Å²) in [6.07, 6.45) is 15.0. The van der Waals surface area contributed by atoms with E-state index in [9.17, 15) is 5.21 Å². The third-order valence-electron chi connectivity index (χ3n) is 12.9. The molecule has 2 saturated carbocycles. The summed E-state index contributed by atoms with van der Waals surface area (Å²) in [6, 6.07) is 16.1. The van der Waals surface area contributed by atoms with Crippen molar-refractivity contribution in [3.63, 3.8) is 0 Å².